The van der Waals surface area contributed by atoms with Crippen LogP contribution in [0.4, 0.5) is 29.2 Å². The molecule has 142 valence electrons. The van der Waals surface area contributed by atoms with E-state index < -0.39 is 0 Å². The van der Waals surface area contributed by atoms with Gasteiger partial charge in [0.25, 0.3) is 0 Å². The first-order valence-electron chi connectivity index (χ1n) is 8.29. The van der Waals surface area contributed by atoms with E-state index >= 15 is 0 Å². The molecule has 0 bridgehead atoms. The largest absolute Gasteiger partial charge is 0.347 e. The van der Waals surface area contributed by atoms with Gasteiger partial charge in [-0.15, -0.1) is 0 Å². The number of hydrogen-bond donors (Lipinski definition) is 2. The van der Waals surface area contributed by atoms with E-state index in [9.17, 15) is 0 Å². The summed E-state index contributed by atoms with van der Waals surface area (Å²) in [7, 11) is 3.73. The molecule has 2 N–H and O–H groups in total. The third-order valence-electron chi connectivity index (χ3n) is 3.72. The van der Waals surface area contributed by atoms with Crippen molar-refractivity contribution in [1.82, 2.24) is 15.0 Å². The summed E-state index contributed by atoms with van der Waals surface area (Å²) in [4.78, 5) is 15.2. The topological polar surface area (TPSA) is 89.8 Å². The average molecular weight is 503 g/mol. The summed E-state index contributed by atoms with van der Waals surface area (Å²) in [5.74, 6) is 1.30. The third-order valence-corrected chi connectivity index (χ3v) is 4.97. The Kier molecular flexibility index (Phi) is 6.11. The fourth-order valence-electron chi connectivity index (χ4n) is 2.36. The highest BCUT2D eigenvalue weighted by Gasteiger charge is 2.12. The highest BCUT2D eigenvalue weighted by molar-refractivity contribution is 9.11. The lowest BCUT2D eigenvalue weighted by Crippen LogP contribution is -2.15. The van der Waals surface area contributed by atoms with Gasteiger partial charge in [0.1, 0.15) is 0 Å². The molecule has 0 radical (unpaired) electrons. The van der Waals surface area contributed by atoms with Crippen LogP contribution in [0, 0.1) is 18.3 Å². The van der Waals surface area contributed by atoms with Crippen molar-refractivity contribution in [2.45, 2.75) is 6.92 Å². The summed E-state index contributed by atoms with van der Waals surface area (Å²) >= 11 is 7.15. The van der Waals surface area contributed by atoms with E-state index in [1.165, 1.54) is 0 Å². The number of nitrogens with zero attached hydrogens (tertiary/aromatic N) is 5. The molecule has 0 aliphatic heterocycles. The summed E-state index contributed by atoms with van der Waals surface area (Å²) in [6.45, 7) is 2.02. The molecule has 7 nitrogen and oxygen atoms in total. The molecular weight excluding hydrogens is 486 g/mol. The Bertz CT molecular complexity index is 1020. The van der Waals surface area contributed by atoms with Crippen LogP contribution >= 0.6 is 31.9 Å². The number of anilines is 5. The Morgan fingerprint density at radius 3 is 2.04 bits per heavy atom. The Hall–Kier alpha value is -2.70. The van der Waals surface area contributed by atoms with Crippen molar-refractivity contribution in [3.63, 3.8) is 0 Å². The van der Waals surface area contributed by atoms with Gasteiger partial charge >= 0.3 is 0 Å². The Morgan fingerprint density at radius 1 is 0.929 bits per heavy atom. The molecule has 1 aromatic heterocycles. The standard InChI is InChI=1S/C19H17Br2N7/c1-11-8-14(20)16(15(21)9-11)24-18-25-17(26-19(27-18)28(2)3)23-13-6-4-12(10-22)5-7-13/h4-9H,1-3H3,(H2,23,24,25,26,27). The Morgan fingerprint density at radius 2 is 1.50 bits per heavy atom. The minimum Gasteiger partial charge on any atom is -0.347 e. The van der Waals surface area contributed by atoms with Gasteiger partial charge in [0.2, 0.25) is 17.8 Å². The summed E-state index contributed by atoms with van der Waals surface area (Å²) < 4.78 is 1.79. The maximum absolute atomic E-state index is 8.93. The van der Waals surface area contributed by atoms with E-state index in [0.717, 1.165) is 25.9 Å². The predicted molar refractivity (Wildman–Crippen MR) is 118 cm³/mol. The van der Waals surface area contributed by atoms with Crippen LogP contribution in [0.15, 0.2) is 45.3 Å². The molecule has 3 aromatic rings. The maximum Gasteiger partial charge on any atom is 0.233 e. The van der Waals surface area contributed by atoms with E-state index in [1.54, 1.807) is 29.2 Å². The predicted octanol–water partition coefficient (Wildman–Crippen LogP) is 5.13. The van der Waals surface area contributed by atoms with E-state index in [1.807, 2.05) is 33.2 Å². The van der Waals surface area contributed by atoms with E-state index in [0.29, 0.717) is 23.4 Å². The monoisotopic (exact) mass is 501 g/mol. The number of aryl methyl sites for hydroxylation is 1. The van der Waals surface area contributed by atoms with Gasteiger partial charge in [0.15, 0.2) is 0 Å². The normalized spacial score (nSPS) is 10.3. The van der Waals surface area contributed by atoms with E-state index in [-0.39, 0.29) is 0 Å². The molecule has 0 unspecified atom stereocenters. The quantitative estimate of drug-likeness (QED) is 0.499. The lowest BCUT2D eigenvalue weighted by molar-refractivity contribution is 0.965. The highest BCUT2D eigenvalue weighted by Crippen LogP contribution is 2.34. The highest BCUT2D eigenvalue weighted by atomic mass is 79.9. The lowest BCUT2D eigenvalue weighted by atomic mass is 10.2. The minimum atomic E-state index is 0.394. The Balaban J connectivity index is 1.94. The third kappa shape index (κ3) is 4.77. The number of rotatable bonds is 5. The molecule has 2 aromatic carbocycles. The van der Waals surface area contributed by atoms with Crippen LogP contribution in [0.25, 0.3) is 0 Å². The fraction of sp³-hybridized carbons (Fsp3) is 0.158. The zero-order valence-corrected chi connectivity index (χ0v) is 18.6. The van der Waals surface area contributed by atoms with Crippen molar-refractivity contribution in [2.75, 3.05) is 29.6 Å². The van der Waals surface area contributed by atoms with Crippen LogP contribution in [-0.2, 0) is 0 Å². The van der Waals surface area contributed by atoms with Crippen molar-refractivity contribution < 1.29 is 0 Å². The second-order valence-corrected chi connectivity index (χ2v) is 7.93. The number of hydrogen-bond acceptors (Lipinski definition) is 7. The minimum absolute atomic E-state index is 0.394. The number of nitriles is 1. The smallest absolute Gasteiger partial charge is 0.233 e. The first-order valence-corrected chi connectivity index (χ1v) is 9.87. The number of aromatic nitrogens is 3. The summed E-state index contributed by atoms with van der Waals surface area (Å²) in [5, 5.41) is 15.3. The van der Waals surface area contributed by atoms with Crippen LogP contribution in [0.1, 0.15) is 11.1 Å². The zero-order valence-electron chi connectivity index (χ0n) is 15.5. The van der Waals surface area contributed by atoms with Crippen molar-refractivity contribution in [3.05, 3.63) is 56.5 Å². The maximum atomic E-state index is 8.93. The second-order valence-electron chi connectivity index (χ2n) is 6.22. The van der Waals surface area contributed by atoms with Crippen molar-refractivity contribution in [2.24, 2.45) is 0 Å². The van der Waals surface area contributed by atoms with Crippen molar-refractivity contribution in [1.29, 1.82) is 5.26 Å². The summed E-state index contributed by atoms with van der Waals surface area (Å²) in [5.41, 5.74) is 3.31. The summed E-state index contributed by atoms with van der Waals surface area (Å²) in [6, 6.07) is 13.2. The molecule has 0 saturated carbocycles. The van der Waals surface area contributed by atoms with Crippen LogP contribution in [0.3, 0.4) is 0 Å². The van der Waals surface area contributed by atoms with Gasteiger partial charge < -0.3 is 15.5 Å². The van der Waals surface area contributed by atoms with Gasteiger partial charge in [-0.25, -0.2) is 0 Å². The molecule has 0 aliphatic carbocycles. The van der Waals surface area contributed by atoms with Crippen molar-refractivity contribution >= 4 is 61.1 Å². The Labute approximate surface area is 180 Å². The van der Waals surface area contributed by atoms with Gasteiger partial charge in [-0.2, -0.15) is 20.2 Å². The molecule has 9 heteroatoms. The number of nitrogens with one attached hydrogen (secondary N) is 2. The lowest BCUT2D eigenvalue weighted by Gasteiger charge is -2.15. The molecular formula is C19H17Br2N7. The van der Waals surface area contributed by atoms with Gasteiger partial charge in [-0.3, -0.25) is 0 Å². The molecule has 3 rings (SSSR count). The average Bonchev–Trinajstić information content (AvgIpc) is 2.65. The summed E-state index contributed by atoms with van der Waals surface area (Å²) in [6.07, 6.45) is 0. The molecule has 1 heterocycles. The number of halogens is 2. The molecule has 0 atom stereocenters. The molecule has 0 saturated heterocycles. The van der Waals surface area contributed by atoms with Crippen LogP contribution < -0.4 is 15.5 Å². The molecule has 0 spiro atoms. The number of benzene rings is 2. The van der Waals surface area contributed by atoms with Gasteiger partial charge in [-0.1, -0.05) is 0 Å². The fourth-order valence-corrected chi connectivity index (χ4v) is 3.98. The molecule has 0 amide bonds. The molecule has 28 heavy (non-hydrogen) atoms. The van der Waals surface area contributed by atoms with Crippen LogP contribution in [-0.4, -0.2) is 29.0 Å². The first kappa shape index (κ1) is 20.0. The van der Waals surface area contributed by atoms with Crippen LogP contribution in [0.2, 0.25) is 0 Å². The van der Waals surface area contributed by atoms with E-state index in [2.05, 4.69) is 63.5 Å². The van der Waals surface area contributed by atoms with Gasteiger partial charge in [0, 0.05) is 28.7 Å². The molecule has 0 aliphatic rings. The zero-order chi connectivity index (χ0) is 20.3. The SMILES string of the molecule is Cc1cc(Br)c(Nc2nc(Nc3ccc(C#N)cc3)nc(N(C)C)n2)c(Br)c1. The first-order chi connectivity index (χ1) is 13.4. The van der Waals surface area contributed by atoms with E-state index in [4.69, 9.17) is 5.26 Å². The molecule has 0 fully saturated rings. The van der Waals surface area contributed by atoms with Gasteiger partial charge in [0.05, 0.1) is 17.3 Å². The van der Waals surface area contributed by atoms with Crippen molar-refractivity contribution in [3.8, 4) is 6.07 Å². The second kappa shape index (κ2) is 8.54. The van der Waals surface area contributed by atoms with Gasteiger partial charge in [-0.05, 0) is 80.7 Å². The van der Waals surface area contributed by atoms with Crippen LogP contribution in [0.5, 0.6) is 0 Å².